The fourth-order valence-corrected chi connectivity index (χ4v) is 1.26. The van der Waals surface area contributed by atoms with Crippen LogP contribution in [0.25, 0.3) is 0 Å². The van der Waals surface area contributed by atoms with Gasteiger partial charge in [0.2, 0.25) is 0 Å². The van der Waals surface area contributed by atoms with Crippen LogP contribution in [0.5, 0.6) is 0 Å². The van der Waals surface area contributed by atoms with Gasteiger partial charge in [0.15, 0.2) is 11.6 Å². The number of anilines is 2. The maximum Gasteiger partial charge on any atom is 0.151 e. The van der Waals surface area contributed by atoms with Crippen molar-refractivity contribution < 1.29 is 13.5 Å². The lowest BCUT2D eigenvalue weighted by Gasteiger charge is -2.09. The summed E-state index contributed by atoms with van der Waals surface area (Å²) in [5.41, 5.74) is 6.07. The monoisotopic (exact) mass is 242 g/mol. The molecule has 0 aliphatic carbocycles. The molecule has 0 aliphatic rings. The third-order valence-electron chi connectivity index (χ3n) is 1.96. The lowest BCUT2D eigenvalue weighted by Crippen LogP contribution is -2.12. The highest BCUT2D eigenvalue weighted by atomic mass is 19.1. The van der Waals surface area contributed by atoms with Gasteiger partial charge in [-0.05, 0) is 19.1 Å². The molecule has 0 aliphatic heterocycles. The van der Waals surface area contributed by atoms with Crippen molar-refractivity contribution in [1.82, 2.24) is 0 Å². The number of nitrogen functional groups attached to an aromatic ring is 1. The Kier molecular flexibility index (Phi) is 4.90. The average Bonchev–Trinajstić information content (AvgIpc) is 2.20. The van der Waals surface area contributed by atoms with Crippen molar-refractivity contribution in [3.05, 3.63) is 35.9 Å². The molecular formula is C12H16F2N2O. The Morgan fingerprint density at radius 1 is 1.41 bits per heavy atom. The van der Waals surface area contributed by atoms with Crippen molar-refractivity contribution in [1.29, 1.82) is 0 Å². The smallest absolute Gasteiger partial charge is 0.151 e. The molecule has 1 rings (SSSR count). The molecule has 0 spiro atoms. The predicted molar refractivity (Wildman–Crippen MR) is 64.9 cm³/mol. The number of hydrogen-bond acceptors (Lipinski definition) is 3. The number of hydrogen-bond donors (Lipinski definition) is 2. The van der Waals surface area contributed by atoms with Crippen molar-refractivity contribution in [3.8, 4) is 0 Å². The summed E-state index contributed by atoms with van der Waals surface area (Å²) in [5, 5.41) is 2.62. The molecule has 0 saturated carbocycles. The summed E-state index contributed by atoms with van der Waals surface area (Å²) < 4.78 is 31.8. The number of nitrogens with one attached hydrogen (secondary N) is 1. The zero-order valence-corrected chi connectivity index (χ0v) is 9.72. The molecule has 0 radical (unpaired) electrons. The van der Waals surface area contributed by atoms with Crippen LogP contribution in [0.1, 0.15) is 6.92 Å². The van der Waals surface area contributed by atoms with Crippen LogP contribution in [-0.4, -0.2) is 19.8 Å². The van der Waals surface area contributed by atoms with Gasteiger partial charge in [-0.2, -0.15) is 0 Å². The second kappa shape index (κ2) is 6.20. The normalized spacial score (nSPS) is 10.3. The quantitative estimate of drug-likeness (QED) is 0.458. The molecule has 5 heteroatoms. The van der Waals surface area contributed by atoms with Crippen LogP contribution in [0, 0.1) is 11.6 Å². The van der Waals surface area contributed by atoms with E-state index in [1.54, 1.807) is 0 Å². The Balaban J connectivity index is 2.44. The first-order chi connectivity index (χ1) is 8.00. The summed E-state index contributed by atoms with van der Waals surface area (Å²) in [7, 11) is 0. The van der Waals surface area contributed by atoms with E-state index in [0.717, 1.165) is 17.7 Å². The third-order valence-corrected chi connectivity index (χ3v) is 1.96. The second-order valence-electron chi connectivity index (χ2n) is 3.80. The lowest BCUT2D eigenvalue weighted by atomic mass is 10.2. The molecule has 0 saturated heterocycles. The molecule has 0 unspecified atom stereocenters. The highest BCUT2D eigenvalue weighted by Crippen LogP contribution is 2.21. The van der Waals surface area contributed by atoms with Crippen molar-refractivity contribution in [3.63, 3.8) is 0 Å². The van der Waals surface area contributed by atoms with Gasteiger partial charge in [0, 0.05) is 12.2 Å². The molecule has 17 heavy (non-hydrogen) atoms. The largest absolute Gasteiger partial charge is 0.399 e. The second-order valence-corrected chi connectivity index (χ2v) is 3.80. The summed E-state index contributed by atoms with van der Waals surface area (Å²) in [4.78, 5) is 0. The molecule has 0 amide bonds. The Hall–Kier alpha value is -1.62. The highest BCUT2D eigenvalue weighted by Gasteiger charge is 2.09. The maximum atomic E-state index is 13.3. The minimum Gasteiger partial charge on any atom is -0.399 e. The summed E-state index contributed by atoms with van der Waals surface area (Å²) in [5.74, 6) is -1.41. The number of nitrogens with two attached hydrogens (primary N) is 1. The Bertz CT molecular complexity index is 384. The van der Waals surface area contributed by atoms with Crippen molar-refractivity contribution in [2.45, 2.75) is 6.92 Å². The van der Waals surface area contributed by atoms with Gasteiger partial charge < -0.3 is 15.8 Å². The van der Waals surface area contributed by atoms with Gasteiger partial charge in [-0.3, -0.25) is 0 Å². The molecule has 0 bridgehead atoms. The first kappa shape index (κ1) is 13.4. The van der Waals surface area contributed by atoms with E-state index in [0.29, 0.717) is 19.8 Å². The number of ether oxygens (including phenoxy) is 1. The topological polar surface area (TPSA) is 47.3 Å². The van der Waals surface area contributed by atoms with Gasteiger partial charge in [0.05, 0.1) is 13.2 Å². The first-order valence-corrected chi connectivity index (χ1v) is 5.21. The van der Waals surface area contributed by atoms with E-state index < -0.39 is 11.6 Å². The molecular weight excluding hydrogens is 226 g/mol. The lowest BCUT2D eigenvalue weighted by molar-refractivity contribution is 0.167. The van der Waals surface area contributed by atoms with Crippen LogP contribution >= 0.6 is 0 Å². The zero-order chi connectivity index (χ0) is 12.8. The van der Waals surface area contributed by atoms with E-state index in [1.807, 2.05) is 6.92 Å². The van der Waals surface area contributed by atoms with Gasteiger partial charge in [-0.15, -0.1) is 0 Å². The highest BCUT2D eigenvalue weighted by molar-refractivity contribution is 5.53. The summed E-state index contributed by atoms with van der Waals surface area (Å²) in [6.07, 6.45) is 0. The van der Waals surface area contributed by atoms with Crippen LogP contribution in [0.15, 0.2) is 24.3 Å². The van der Waals surface area contributed by atoms with Crippen LogP contribution in [0.3, 0.4) is 0 Å². The number of benzene rings is 1. The maximum absolute atomic E-state index is 13.3. The Morgan fingerprint density at radius 2 is 2.00 bits per heavy atom. The standard InChI is InChI=1S/C12H16F2N2O/c1-8(2)7-17-4-3-16-12-10(13)5-9(15)6-11(12)14/h5-6,16H,1,3-4,7,15H2,2H3. The van der Waals surface area contributed by atoms with Crippen molar-refractivity contribution in [2.75, 3.05) is 30.8 Å². The minimum atomic E-state index is -0.706. The fraction of sp³-hybridized carbons (Fsp3) is 0.333. The molecule has 0 atom stereocenters. The molecule has 1 aromatic rings. The Labute approximate surface area is 99.3 Å². The zero-order valence-electron chi connectivity index (χ0n) is 9.72. The molecule has 0 heterocycles. The number of rotatable bonds is 6. The minimum absolute atomic E-state index is 0.0593. The van der Waals surface area contributed by atoms with Gasteiger partial charge >= 0.3 is 0 Å². The molecule has 3 N–H and O–H groups in total. The van der Waals surface area contributed by atoms with Crippen molar-refractivity contribution in [2.24, 2.45) is 0 Å². The SMILES string of the molecule is C=C(C)COCCNc1c(F)cc(N)cc1F. The average molecular weight is 242 g/mol. The van der Waals surface area contributed by atoms with E-state index in [1.165, 1.54) is 0 Å². The fourth-order valence-electron chi connectivity index (χ4n) is 1.26. The predicted octanol–water partition coefficient (Wildman–Crippen LogP) is 2.55. The molecule has 0 aromatic heterocycles. The van der Waals surface area contributed by atoms with E-state index >= 15 is 0 Å². The van der Waals surface area contributed by atoms with E-state index in [4.69, 9.17) is 10.5 Å². The summed E-state index contributed by atoms with van der Waals surface area (Å²) in [6.45, 7) is 6.60. The molecule has 0 fully saturated rings. The number of halogens is 2. The van der Waals surface area contributed by atoms with Crippen LogP contribution < -0.4 is 11.1 Å². The van der Waals surface area contributed by atoms with Gasteiger partial charge in [0.25, 0.3) is 0 Å². The van der Waals surface area contributed by atoms with E-state index in [2.05, 4.69) is 11.9 Å². The molecule has 94 valence electrons. The molecule has 1 aromatic carbocycles. The van der Waals surface area contributed by atoms with Gasteiger partial charge in [-0.25, -0.2) is 8.78 Å². The molecule has 3 nitrogen and oxygen atoms in total. The van der Waals surface area contributed by atoms with Crippen LogP contribution in [-0.2, 0) is 4.74 Å². The third kappa shape index (κ3) is 4.40. The van der Waals surface area contributed by atoms with Crippen molar-refractivity contribution >= 4 is 11.4 Å². The van der Waals surface area contributed by atoms with E-state index in [-0.39, 0.29) is 11.4 Å². The Morgan fingerprint density at radius 3 is 2.53 bits per heavy atom. The summed E-state index contributed by atoms with van der Waals surface area (Å²) in [6, 6.07) is 2.14. The van der Waals surface area contributed by atoms with Gasteiger partial charge in [0.1, 0.15) is 5.69 Å². The van der Waals surface area contributed by atoms with Crippen LogP contribution in [0.2, 0.25) is 0 Å². The van der Waals surface area contributed by atoms with Crippen LogP contribution in [0.4, 0.5) is 20.2 Å². The first-order valence-electron chi connectivity index (χ1n) is 5.21. The van der Waals surface area contributed by atoms with Gasteiger partial charge in [-0.1, -0.05) is 12.2 Å². The summed E-state index contributed by atoms with van der Waals surface area (Å²) >= 11 is 0. The van der Waals surface area contributed by atoms with E-state index in [9.17, 15) is 8.78 Å².